The fraction of sp³-hybridized carbons (Fsp3) is 0.389. The van der Waals surface area contributed by atoms with E-state index in [1.54, 1.807) is 37.4 Å². The van der Waals surface area contributed by atoms with Gasteiger partial charge in [-0.15, -0.1) is 11.3 Å². The Balaban J connectivity index is 1.57. The monoisotopic (exact) mass is 394 g/mol. The van der Waals surface area contributed by atoms with Crippen molar-refractivity contribution >= 4 is 27.1 Å². The van der Waals surface area contributed by atoms with Gasteiger partial charge in [-0.2, -0.15) is 4.31 Å². The molecule has 1 aliphatic heterocycles. The standard InChI is InChI=1S/C18H22N2O4S2/c1-14-3-8-18(25-14)26(22,23)20-11-9-19(10-12-20)13-17(21)15-4-6-16(24-2)7-5-15/h3-8H,9-13H2,1-2H3. The fourth-order valence-corrected chi connectivity index (χ4v) is 5.74. The van der Waals surface area contributed by atoms with Crippen LogP contribution < -0.4 is 4.74 Å². The maximum Gasteiger partial charge on any atom is 0.252 e. The van der Waals surface area contributed by atoms with Gasteiger partial charge in [0.25, 0.3) is 10.0 Å². The zero-order valence-corrected chi connectivity index (χ0v) is 16.5. The van der Waals surface area contributed by atoms with Crippen molar-refractivity contribution in [2.75, 3.05) is 39.8 Å². The van der Waals surface area contributed by atoms with E-state index in [4.69, 9.17) is 4.74 Å². The number of methoxy groups -OCH3 is 1. The molecule has 0 amide bonds. The van der Waals surface area contributed by atoms with Crippen molar-refractivity contribution in [3.8, 4) is 5.75 Å². The van der Waals surface area contributed by atoms with Crippen LogP contribution in [0.1, 0.15) is 15.2 Å². The lowest BCUT2D eigenvalue weighted by molar-refractivity contribution is 0.0902. The van der Waals surface area contributed by atoms with Gasteiger partial charge in [0.2, 0.25) is 0 Å². The van der Waals surface area contributed by atoms with Crippen LogP contribution in [0.15, 0.2) is 40.6 Å². The molecule has 6 nitrogen and oxygen atoms in total. The fourth-order valence-electron chi connectivity index (χ4n) is 2.88. The summed E-state index contributed by atoms with van der Waals surface area (Å²) in [4.78, 5) is 15.4. The minimum atomic E-state index is -3.43. The van der Waals surface area contributed by atoms with Crippen LogP contribution in [0, 0.1) is 6.92 Å². The summed E-state index contributed by atoms with van der Waals surface area (Å²) in [5, 5.41) is 0. The number of carbonyl (C=O) groups excluding carboxylic acids is 1. The van der Waals surface area contributed by atoms with Crippen LogP contribution in [0.2, 0.25) is 0 Å². The zero-order chi connectivity index (χ0) is 18.7. The van der Waals surface area contributed by atoms with Crippen molar-refractivity contribution < 1.29 is 17.9 Å². The van der Waals surface area contributed by atoms with E-state index in [0.717, 1.165) is 4.88 Å². The maximum atomic E-state index is 12.7. The lowest BCUT2D eigenvalue weighted by Crippen LogP contribution is -2.49. The highest BCUT2D eigenvalue weighted by atomic mass is 32.2. The summed E-state index contributed by atoms with van der Waals surface area (Å²) in [5.41, 5.74) is 0.634. The van der Waals surface area contributed by atoms with Gasteiger partial charge >= 0.3 is 0 Å². The predicted molar refractivity (Wildman–Crippen MR) is 102 cm³/mol. The van der Waals surface area contributed by atoms with Crippen molar-refractivity contribution in [3.63, 3.8) is 0 Å². The Hall–Kier alpha value is -1.74. The third-order valence-electron chi connectivity index (χ3n) is 4.42. The number of Topliss-reactive ketones (excluding diaryl/α,β-unsaturated/α-hetero) is 1. The summed E-state index contributed by atoms with van der Waals surface area (Å²) in [5.74, 6) is 0.738. The van der Waals surface area contributed by atoms with Crippen LogP contribution in [0.25, 0.3) is 0 Å². The second-order valence-corrected chi connectivity index (χ2v) is 9.65. The first-order chi connectivity index (χ1) is 12.4. The van der Waals surface area contributed by atoms with E-state index in [2.05, 4.69) is 0 Å². The Morgan fingerprint density at radius 1 is 1.08 bits per heavy atom. The summed E-state index contributed by atoms with van der Waals surface area (Å²) in [6, 6.07) is 10.5. The van der Waals surface area contributed by atoms with Crippen molar-refractivity contribution in [2.45, 2.75) is 11.1 Å². The quantitative estimate of drug-likeness (QED) is 0.703. The summed E-state index contributed by atoms with van der Waals surface area (Å²) in [6.45, 7) is 4.08. The number of thiophene rings is 1. The molecular weight excluding hydrogens is 372 g/mol. The third-order valence-corrected chi connectivity index (χ3v) is 7.79. The largest absolute Gasteiger partial charge is 0.497 e. The molecule has 1 aromatic carbocycles. The van der Waals surface area contributed by atoms with Crippen LogP contribution >= 0.6 is 11.3 Å². The Labute approximate surface area is 158 Å². The van der Waals surface area contributed by atoms with E-state index in [-0.39, 0.29) is 5.78 Å². The van der Waals surface area contributed by atoms with Gasteiger partial charge in [0.05, 0.1) is 13.7 Å². The van der Waals surface area contributed by atoms with E-state index < -0.39 is 10.0 Å². The molecule has 1 aliphatic rings. The number of piperazine rings is 1. The number of carbonyl (C=O) groups is 1. The number of nitrogens with zero attached hydrogens (tertiary/aromatic N) is 2. The predicted octanol–water partition coefficient (Wildman–Crippen LogP) is 2.25. The number of hydrogen-bond acceptors (Lipinski definition) is 6. The molecular formula is C18H22N2O4S2. The third kappa shape index (κ3) is 4.15. The van der Waals surface area contributed by atoms with Crippen molar-refractivity contribution in [3.05, 3.63) is 46.8 Å². The average molecular weight is 395 g/mol. The van der Waals surface area contributed by atoms with Gasteiger partial charge in [-0.1, -0.05) is 0 Å². The Morgan fingerprint density at radius 2 is 1.73 bits per heavy atom. The molecule has 0 N–H and O–H groups in total. The molecule has 3 rings (SSSR count). The minimum Gasteiger partial charge on any atom is -0.497 e. The smallest absolute Gasteiger partial charge is 0.252 e. The first-order valence-electron chi connectivity index (χ1n) is 8.36. The average Bonchev–Trinajstić information content (AvgIpc) is 3.09. The Kier molecular flexibility index (Phi) is 5.76. The number of ether oxygens (including phenoxy) is 1. The van der Waals surface area contributed by atoms with Gasteiger partial charge in [-0.25, -0.2) is 8.42 Å². The molecule has 26 heavy (non-hydrogen) atoms. The molecule has 1 saturated heterocycles. The molecule has 0 unspecified atom stereocenters. The molecule has 0 spiro atoms. The number of ketones is 1. The molecule has 2 aromatic rings. The lowest BCUT2D eigenvalue weighted by atomic mass is 10.1. The molecule has 1 fully saturated rings. The highest BCUT2D eigenvalue weighted by molar-refractivity contribution is 7.91. The van der Waals surface area contributed by atoms with Crippen molar-refractivity contribution in [1.82, 2.24) is 9.21 Å². The zero-order valence-electron chi connectivity index (χ0n) is 14.8. The van der Waals surface area contributed by atoms with Crippen LogP contribution in [0.5, 0.6) is 5.75 Å². The van der Waals surface area contributed by atoms with Crippen LogP contribution in [-0.2, 0) is 10.0 Å². The molecule has 0 atom stereocenters. The first-order valence-corrected chi connectivity index (χ1v) is 10.6. The van der Waals surface area contributed by atoms with E-state index in [1.807, 2.05) is 17.9 Å². The normalized spacial score (nSPS) is 16.5. The van der Waals surface area contributed by atoms with E-state index in [9.17, 15) is 13.2 Å². The van der Waals surface area contributed by atoms with Crippen LogP contribution in [0.4, 0.5) is 0 Å². The second-order valence-electron chi connectivity index (χ2n) is 6.20. The number of rotatable bonds is 6. The molecule has 0 radical (unpaired) electrons. The van der Waals surface area contributed by atoms with Gasteiger partial charge in [0.15, 0.2) is 5.78 Å². The van der Waals surface area contributed by atoms with Gasteiger partial charge in [0.1, 0.15) is 9.96 Å². The Bertz CT molecular complexity index is 867. The maximum absolute atomic E-state index is 12.7. The van der Waals surface area contributed by atoms with E-state index in [1.165, 1.54) is 15.6 Å². The summed E-state index contributed by atoms with van der Waals surface area (Å²) in [7, 11) is -1.84. The molecule has 8 heteroatoms. The molecule has 0 saturated carbocycles. The van der Waals surface area contributed by atoms with E-state index >= 15 is 0 Å². The minimum absolute atomic E-state index is 0.0258. The lowest BCUT2D eigenvalue weighted by Gasteiger charge is -2.33. The van der Waals surface area contributed by atoms with Crippen molar-refractivity contribution in [2.24, 2.45) is 0 Å². The summed E-state index contributed by atoms with van der Waals surface area (Å²) in [6.07, 6.45) is 0. The first kappa shape index (κ1) is 19.0. The van der Waals surface area contributed by atoms with Gasteiger partial charge in [-0.05, 0) is 43.3 Å². The molecule has 0 aliphatic carbocycles. The van der Waals surface area contributed by atoms with Crippen LogP contribution in [-0.4, -0.2) is 63.2 Å². The Morgan fingerprint density at radius 3 is 2.27 bits per heavy atom. The number of hydrogen-bond donors (Lipinski definition) is 0. The molecule has 0 bridgehead atoms. The SMILES string of the molecule is COc1ccc(C(=O)CN2CCN(S(=O)(=O)c3ccc(C)s3)CC2)cc1. The number of sulfonamides is 1. The molecule has 2 heterocycles. The van der Waals surface area contributed by atoms with E-state index in [0.29, 0.717) is 48.2 Å². The van der Waals surface area contributed by atoms with Gasteiger partial charge < -0.3 is 4.74 Å². The second kappa shape index (κ2) is 7.87. The molecule has 140 valence electrons. The summed E-state index contributed by atoms with van der Waals surface area (Å²) >= 11 is 1.29. The van der Waals surface area contributed by atoms with Crippen LogP contribution in [0.3, 0.4) is 0 Å². The van der Waals surface area contributed by atoms with Crippen molar-refractivity contribution in [1.29, 1.82) is 0 Å². The topological polar surface area (TPSA) is 66.9 Å². The number of benzene rings is 1. The molecule has 1 aromatic heterocycles. The highest BCUT2D eigenvalue weighted by Gasteiger charge is 2.30. The number of aryl methyl sites for hydroxylation is 1. The van der Waals surface area contributed by atoms with Gasteiger partial charge in [-0.3, -0.25) is 9.69 Å². The van der Waals surface area contributed by atoms with Gasteiger partial charge in [0, 0.05) is 36.6 Å². The highest BCUT2D eigenvalue weighted by Crippen LogP contribution is 2.25. The summed E-state index contributed by atoms with van der Waals surface area (Å²) < 4.78 is 32.3.